The first-order chi connectivity index (χ1) is 10.4. The van der Waals surface area contributed by atoms with Gasteiger partial charge in [-0.2, -0.15) is 0 Å². The topological polar surface area (TPSA) is 47.2 Å². The van der Waals surface area contributed by atoms with Crippen LogP contribution in [0.2, 0.25) is 0 Å². The van der Waals surface area contributed by atoms with E-state index in [1.165, 1.54) is 17.9 Å². The average Bonchev–Trinajstić information content (AvgIpc) is 3.15. The van der Waals surface area contributed by atoms with Crippen molar-refractivity contribution in [2.24, 2.45) is 5.92 Å². The third-order valence-corrected chi connectivity index (χ3v) is 4.28. The third kappa shape index (κ3) is 2.45. The molecule has 0 radical (unpaired) electrons. The van der Waals surface area contributed by atoms with E-state index in [1.54, 1.807) is 0 Å². The molecule has 4 heterocycles. The number of aryl methyl sites for hydroxylation is 1. The molecule has 0 aliphatic carbocycles. The van der Waals surface area contributed by atoms with E-state index in [2.05, 4.69) is 42.6 Å². The zero-order valence-electron chi connectivity index (χ0n) is 11.9. The maximum Gasteiger partial charge on any atom is 0.136 e. The number of pyridine rings is 1. The van der Waals surface area contributed by atoms with E-state index in [-0.39, 0.29) is 0 Å². The highest BCUT2D eigenvalue weighted by atomic mass is 15.1. The van der Waals surface area contributed by atoms with Gasteiger partial charge in [0.1, 0.15) is 11.5 Å². The van der Waals surface area contributed by atoms with Gasteiger partial charge in [0.2, 0.25) is 0 Å². The van der Waals surface area contributed by atoms with E-state index in [4.69, 9.17) is 0 Å². The van der Waals surface area contributed by atoms with Crippen LogP contribution in [-0.2, 0) is 19.5 Å². The van der Waals surface area contributed by atoms with Crippen molar-refractivity contribution in [3.63, 3.8) is 0 Å². The smallest absolute Gasteiger partial charge is 0.136 e. The summed E-state index contributed by atoms with van der Waals surface area (Å²) in [6.45, 7) is 3.00. The number of nitrogens with one attached hydrogen (secondary N) is 1. The van der Waals surface area contributed by atoms with Gasteiger partial charge in [-0.15, -0.1) is 0 Å². The van der Waals surface area contributed by atoms with Crippen LogP contribution in [0.1, 0.15) is 17.9 Å². The monoisotopic (exact) mass is 281 g/mol. The third-order valence-electron chi connectivity index (χ3n) is 4.28. The highest BCUT2D eigenvalue weighted by molar-refractivity contribution is 5.39. The molecular formula is C16H19N5. The largest absolute Gasteiger partial charge is 0.335 e. The van der Waals surface area contributed by atoms with Crippen LogP contribution < -0.4 is 5.32 Å². The summed E-state index contributed by atoms with van der Waals surface area (Å²) in [4.78, 5) is 8.70. The van der Waals surface area contributed by atoms with Crippen molar-refractivity contribution in [3.8, 4) is 0 Å². The number of hydrogen-bond acceptors (Lipinski definition) is 3. The van der Waals surface area contributed by atoms with E-state index in [0.29, 0.717) is 5.92 Å². The molecule has 1 unspecified atom stereocenters. The van der Waals surface area contributed by atoms with E-state index < -0.39 is 0 Å². The molecule has 108 valence electrons. The number of hydrogen-bond donors (Lipinski definition) is 1. The Hall–Kier alpha value is -2.14. The Morgan fingerprint density at radius 3 is 3.14 bits per heavy atom. The molecule has 3 aromatic heterocycles. The second kappa shape index (κ2) is 5.33. The molecule has 4 rings (SSSR count). The molecule has 3 aromatic rings. The van der Waals surface area contributed by atoms with Crippen molar-refractivity contribution >= 4 is 5.65 Å². The second-order valence-corrected chi connectivity index (χ2v) is 5.70. The predicted molar refractivity (Wildman–Crippen MR) is 80.9 cm³/mol. The van der Waals surface area contributed by atoms with Gasteiger partial charge in [0.05, 0.1) is 0 Å². The van der Waals surface area contributed by atoms with Crippen LogP contribution in [0.3, 0.4) is 0 Å². The van der Waals surface area contributed by atoms with Gasteiger partial charge >= 0.3 is 0 Å². The normalized spacial score (nSPS) is 18.0. The van der Waals surface area contributed by atoms with Crippen molar-refractivity contribution < 1.29 is 0 Å². The van der Waals surface area contributed by atoms with Crippen LogP contribution in [0.5, 0.6) is 0 Å². The Balaban J connectivity index is 1.37. The molecule has 0 bridgehead atoms. The summed E-state index contributed by atoms with van der Waals surface area (Å²) in [5.74, 6) is 1.92. The Labute approximate surface area is 123 Å². The minimum Gasteiger partial charge on any atom is -0.335 e. The first kappa shape index (κ1) is 12.6. The first-order valence-corrected chi connectivity index (χ1v) is 7.52. The Kier molecular flexibility index (Phi) is 3.20. The minimum atomic E-state index is 0.689. The first-order valence-electron chi connectivity index (χ1n) is 7.52. The van der Waals surface area contributed by atoms with Crippen LogP contribution in [-0.4, -0.2) is 25.5 Å². The lowest BCUT2D eigenvalue weighted by atomic mass is 9.99. The van der Waals surface area contributed by atoms with Crippen molar-refractivity contribution in [1.29, 1.82) is 0 Å². The molecular weight excluding hydrogens is 262 g/mol. The lowest BCUT2D eigenvalue weighted by Crippen LogP contribution is -2.30. The zero-order chi connectivity index (χ0) is 14.1. The van der Waals surface area contributed by atoms with Gasteiger partial charge in [0.25, 0.3) is 0 Å². The molecule has 0 spiro atoms. The summed E-state index contributed by atoms with van der Waals surface area (Å²) in [6, 6.07) is 6.25. The van der Waals surface area contributed by atoms with E-state index in [9.17, 15) is 0 Å². The number of fused-ring (bicyclic) bond motifs is 2. The van der Waals surface area contributed by atoms with Crippen LogP contribution in [0.4, 0.5) is 0 Å². The summed E-state index contributed by atoms with van der Waals surface area (Å²) >= 11 is 0. The van der Waals surface area contributed by atoms with Crippen molar-refractivity contribution in [2.75, 3.05) is 6.54 Å². The van der Waals surface area contributed by atoms with Crippen molar-refractivity contribution in [1.82, 2.24) is 24.3 Å². The summed E-state index contributed by atoms with van der Waals surface area (Å²) in [7, 11) is 0. The maximum atomic E-state index is 4.38. The van der Waals surface area contributed by atoms with Gasteiger partial charge in [-0.25, -0.2) is 9.97 Å². The molecule has 0 saturated heterocycles. The van der Waals surface area contributed by atoms with Gasteiger partial charge in [-0.3, -0.25) is 0 Å². The predicted octanol–water partition coefficient (Wildman–Crippen LogP) is 1.88. The summed E-state index contributed by atoms with van der Waals surface area (Å²) in [6.07, 6.45) is 10.2. The lowest BCUT2D eigenvalue weighted by molar-refractivity contribution is 0.347. The maximum absolute atomic E-state index is 4.38. The SMILES string of the molecule is c1cc(CNCC2CCc3nccn3C2)n2ccnc2c1. The zero-order valence-corrected chi connectivity index (χ0v) is 11.9. The average molecular weight is 281 g/mol. The molecule has 0 amide bonds. The fourth-order valence-electron chi connectivity index (χ4n) is 3.16. The molecule has 5 nitrogen and oxygen atoms in total. The summed E-state index contributed by atoms with van der Waals surface area (Å²) in [5.41, 5.74) is 2.26. The standard InChI is InChI=1S/C16H19N5/c1-2-14(21-9-7-19-16(21)3-1)11-17-10-13-4-5-15-18-6-8-20(15)12-13/h1-3,6-9,13,17H,4-5,10-12H2. The molecule has 0 aromatic carbocycles. The van der Waals surface area contributed by atoms with Gasteiger partial charge in [-0.05, 0) is 24.5 Å². The van der Waals surface area contributed by atoms with E-state index >= 15 is 0 Å². The molecule has 1 N–H and O–H groups in total. The highest BCUT2D eigenvalue weighted by Crippen LogP contribution is 2.18. The van der Waals surface area contributed by atoms with Crippen molar-refractivity contribution in [2.45, 2.75) is 25.9 Å². The highest BCUT2D eigenvalue weighted by Gasteiger charge is 2.18. The second-order valence-electron chi connectivity index (χ2n) is 5.70. The minimum absolute atomic E-state index is 0.689. The van der Waals surface area contributed by atoms with E-state index in [0.717, 1.165) is 31.7 Å². The Morgan fingerprint density at radius 1 is 1.19 bits per heavy atom. The van der Waals surface area contributed by atoms with Gasteiger partial charge < -0.3 is 14.3 Å². The fourth-order valence-corrected chi connectivity index (χ4v) is 3.16. The number of imidazole rings is 2. The van der Waals surface area contributed by atoms with Crippen molar-refractivity contribution in [3.05, 3.63) is 54.5 Å². The fraction of sp³-hybridized carbons (Fsp3) is 0.375. The molecule has 21 heavy (non-hydrogen) atoms. The number of aromatic nitrogens is 4. The quantitative estimate of drug-likeness (QED) is 0.794. The number of rotatable bonds is 4. The lowest BCUT2D eigenvalue weighted by Gasteiger charge is -2.24. The molecule has 1 aliphatic heterocycles. The van der Waals surface area contributed by atoms with Gasteiger partial charge in [0, 0.05) is 56.5 Å². The number of nitrogens with zero attached hydrogens (tertiary/aromatic N) is 4. The molecule has 1 aliphatic rings. The Bertz CT molecular complexity index is 742. The van der Waals surface area contributed by atoms with Crippen LogP contribution in [0, 0.1) is 5.92 Å². The summed E-state index contributed by atoms with van der Waals surface area (Å²) < 4.78 is 4.42. The summed E-state index contributed by atoms with van der Waals surface area (Å²) in [5, 5.41) is 3.59. The van der Waals surface area contributed by atoms with Crippen LogP contribution >= 0.6 is 0 Å². The molecule has 1 atom stereocenters. The molecule has 0 saturated carbocycles. The molecule has 5 heteroatoms. The van der Waals surface area contributed by atoms with Gasteiger partial charge in [-0.1, -0.05) is 6.07 Å². The van der Waals surface area contributed by atoms with Gasteiger partial charge in [0.15, 0.2) is 0 Å². The van der Waals surface area contributed by atoms with Crippen LogP contribution in [0.15, 0.2) is 43.0 Å². The Morgan fingerprint density at radius 2 is 2.14 bits per heavy atom. The van der Waals surface area contributed by atoms with E-state index in [1.807, 2.05) is 24.7 Å². The molecule has 0 fully saturated rings. The van der Waals surface area contributed by atoms with Crippen LogP contribution in [0.25, 0.3) is 5.65 Å².